The minimum atomic E-state index is -3.76. The Kier molecular flexibility index (Phi) is 18.1. The molecule has 0 spiro atoms. The molecule has 0 aromatic rings. The first-order valence-corrected chi connectivity index (χ1v) is 6.60. The van der Waals surface area contributed by atoms with Gasteiger partial charge in [0.1, 0.15) is 0 Å². The number of rotatable bonds is 5. The van der Waals surface area contributed by atoms with Crippen LogP contribution in [0.25, 0.3) is 0 Å². The third-order valence-electron chi connectivity index (χ3n) is 1.27. The van der Waals surface area contributed by atoms with Gasteiger partial charge < -0.3 is 31.3 Å². The molecule has 0 atom stereocenters. The fourth-order valence-electron chi connectivity index (χ4n) is 0.543. The molecule has 0 rings (SSSR count). The van der Waals surface area contributed by atoms with E-state index in [0.29, 0.717) is 13.0 Å². The van der Waals surface area contributed by atoms with Gasteiger partial charge in [0.2, 0.25) is 0 Å². The van der Waals surface area contributed by atoms with Gasteiger partial charge in [0.05, 0.1) is 0 Å². The Balaban J connectivity index is -0.000000177. The first-order valence-electron chi connectivity index (χ1n) is 4.55. The zero-order valence-corrected chi connectivity index (χ0v) is 9.74. The Morgan fingerprint density at radius 2 is 1.43 bits per heavy atom. The molecule has 7 heteroatoms. The molecule has 14 heavy (non-hydrogen) atoms. The molecule has 0 aromatic carbocycles. The van der Waals surface area contributed by atoms with E-state index in [2.05, 4.69) is 6.92 Å². The van der Waals surface area contributed by atoms with Gasteiger partial charge >= 0.3 is 8.80 Å². The molecule has 9 N–H and O–H groups in total. The molecule has 0 unspecified atom stereocenters. The highest BCUT2D eigenvalue weighted by atomic mass is 28.4. The Bertz CT molecular complexity index is 98.2. The maximum absolute atomic E-state index is 8.34. The number of hydrogen-bond donors (Lipinski definition) is 5. The fraction of sp³-hybridized carbons (Fsp3) is 1.00. The number of unbranched alkanes of at least 4 members (excludes halogenated alkanes) is 1. The molecule has 90 valence electrons. The summed E-state index contributed by atoms with van der Waals surface area (Å²) in [4.78, 5) is 25.0. The average Bonchev–Trinajstić information content (AvgIpc) is 2.02. The number of hydrogen-bond acceptors (Lipinski definition) is 5. The SMILES string of the molecule is CCCCN.NCCC[Si](O)(O)O.O. The van der Waals surface area contributed by atoms with Crippen molar-refractivity contribution in [1.82, 2.24) is 0 Å². The number of nitrogens with two attached hydrogens (primary N) is 2. The van der Waals surface area contributed by atoms with Crippen LogP contribution in [-0.2, 0) is 0 Å². The minimum absolute atomic E-state index is 0. The Labute approximate surface area is 86.2 Å². The summed E-state index contributed by atoms with van der Waals surface area (Å²) < 4.78 is 0. The van der Waals surface area contributed by atoms with Crippen LogP contribution in [0.15, 0.2) is 0 Å². The maximum atomic E-state index is 8.34. The quantitative estimate of drug-likeness (QED) is 0.352. The van der Waals surface area contributed by atoms with Gasteiger partial charge in [-0.1, -0.05) is 13.3 Å². The van der Waals surface area contributed by atoms with Crippen molar-refractivity contribution >= 4 is 8.80 Å². The van der Waals surface area contributed by atoms with Gasteiger partial charge in [0, 0.05) is 6.04 Å². The summed E-state index contributed by atoms with van der Waals surface area (Å²) >= 11 is 0. The van der Waals surface area contributed by atoms with Crippen LogP contribution in [0.3, 0.4) is 0 Å². The van der Waals surface area contributed by atoms with Crippen LogP contribution in [0.5, 0.6) is 0 Å². The molecule has 0 aromatic heterocycles. The summed E-state index contributed by atoms with van der Waals surface area (Å²) in [7, 11) is -3.76. The Hall–Kier alpha value is -0.0231. The Morgan fingerprint density at radius 1 is 1.00 bits per heavy atom. The van der Waals surface area contributed by atoms with Crippen LogP contribution >= 0.6 is 0 Å². The van der Waals surface area contributed by atoms with E-state index in [1.165, 1.54) is 12.8 Å². The zero-order chi connectivity index (χ0) is 10.7. The highest BCUT2D eigenvalue weighted by Gasteiger charge is 2.24. The molecule has 0 aliphatic rings. The van der Waals surface area contributed by atoms with E-state index in [0.717, 1.165) is 6.54 Å². The van der Waals surface area contributed by atoms with E-state index in [-0.39, 0.29) is 11.5 Å². The molecule has 0 aliphatic heterocycles. The third-order valence-corrected chi connectivity index (χ3v) is 2.30. The smallest absolute Gasteiger partial charge is 0.412 e. The first-order chi connectivity index (χ1) is 5.97. The lowest BCUT2D eigenvalue weighted by molar-refractivity contribution is 0.227. The second-order valence-electron chi connectivity index (χ2n) is 2.81. The van der Waals surface area contributed by atoms with Crippen molar-refractivity contribution in [3.8, 4) is 0 Å². The van der Waals surface area contributed by atoms with Crippen LogP contribution in [0.2, 0.25) is 6.04 Å². The molecule has 0 radical (unpaired) electrons. The van der Waals surface area contributed by atoms with Crippen LogP contribution in [-0.4, -0.2) is 41.8 Å². The lowest BCUT2D eigenvalue weighted by Gasteiger charge is -2.06. The lowest BCUT2D eigenvalue weighted by atomic mass is 10.3. The predicted octanol–water partition coefficient (Wildman–Crippen LogP) is -1.83. The van der Waals surface area contributed by atoms with Gasteiger partial charge in [-0.2, -0.15) is 0 Å². The van der Waals surface area contributed by atoms with Crippen LogP contribution < -0.4 is 11.5 Å². The van der Waals surface area contributed by atoms with Crippen molar-refractivity contribution in [2.45, 2.75) is 32.2 Å². The van der Waals surface area contributed by atoms with Crippen LogP contribution in [0.4, 0.5) is 0 Å². The largest absolute Gasteiger partial charge is 0.492 e. The van der Waals surface area contributed by atoms with Gasteiger partial charge in [-0.3, -0.25) is 0 Å². The Morgan fingerprint density at radius 3 is 1.50 bits per heavy atom. The van der Waals surface area contributed by atoms with E-state index in [9.17, 15) is 0 Å². The maximum Gasteiger partial charge on any atom is 0.492 e. The van der Waals surface area contributed by atoms with Crippen LogP contribution in [0, 0.1) is 0 Å². The molecule has 0 saturated carbocycles. The first kappa shape index (κ1) is 19.5. The topological polar surface area (TPSA) is 144 Å². The second kappa shape index (κ2) is 13.0. The van der Waals surface area contributed by atoms with E-state index in [1.54, 1.807) is 0 Å². The van der Waals surface area contributed by atoms with E-state index in [1.807, 2.05) is 0 Å². The van der Waals surface area contributed by atoms with Gasteiger partial charge in [0.15, 0.2) is 0 Å². The van der Waals surface area contributed by atoms with E-state index >= 15 is 0 Å². The van der Waals surface area contributed by atoms with Gasteiger partial charge in [0.25, 0.3) is 0 Å². The third kappa shape index (κ3) is 29.6. The fourth-order valence-corrected chi connectivity index (χ4v) is 1.22. The molecule has 0 heterocycles. The highest BCUT2D eigenvalue weighted by molar-refractivity contribution is 6.56. The minimum Gasteiger partial charge on any atom is -0.412 e. The second-order valence-corrected chi connectivity index (χ2v) is 4.86. The van der Waals surface area contributed by atoms with Crippen LogP contribution in [0.1, 0.15) is 26.2 Å². The molecule has 0 saturated heterocycles. The lowest BCUT2D eigenvalue weighted by Crippen LogP contribution is -2.34. The van der Waals surface area contributed by atoms with Gasteiger partial charge in [-0.25, -0.2) is 0 Å². The monoisotopic (exact) mass is 228 g/mol. The average molecular weight is 228 g/mol. The molecule has 0 aliphatic carbocycles. The summed E-state index contributed by atoms with van der Waals surface area (Å²) in [6.07, 6.45) is 2.85. The van der Waals surface area contributed by atoms with Gasteiger partial charge in [-0.15, -0.1) is 0 Å². The zero-order valence-electron chi connectivity index (χ0n) is 8.74. The van der Waals surface area contributed by atoms with Crippen molar-refractivity contribution < 1.29 is 19.9 Å². The standard InChI is InChI=1S/C4H11N.C3H11NO3Si.H2O/c1-2-3-4-5;4-2-1-3-8(5,6)7;/h2-5H2,1H3;5-7H,1-4H2;1H2. The van der Waals surface area contributed by atoms with Crippen molar-refractivity contribution in [2.75, 3.05) is 13.1 Å². The summed E-state index contributed by atoms with van der Waals surface area (Å²) in [5.41, 5.74) is 10.2. The molecule has 6 nitrogen and oxygen atoms in total. The summed E-state index contributed by atoms with van der Waals surface area (Å²) in [5.74, 6) is 0. The van der Waals surface area contributed by atoms with Crippen molar-refractivity contribution in [1.29, 1.82) is 0 Å². The van der Waals surface area contributed by atoms with Crippen molar-refractivity contribution in [3.63, 3.8) is 0 Å². The molecule has 0 amide bonds. The van der Waals surface area contributed by atoms with Gasteiger partial charge in [-0.05, 0) is 25.9 Å². The van der Waals surface area contributed by atoms with Crippen molar-refractivity contribution in [3.05, 3.63) is 0 Å². The van der Waals surface area contributed by atoms with E-state index < -0.39 is 8.80 Å². The normalized spacial score (nSPS) is 9.86. The molecule has 0 bridgehead atoms. The summed E-state index contributed by atoms with van der Waals surface area (Å²) in [5, 5.41) is 0. The summed E-state index contributed by atoms with van der Waals surface area (Å²) in [6, 6.07) is 0.0451. The highest BCUT2D eigenvalue weighted by Crippen LogP contribution is 1.97. The van der Waals surface area contributed by atoms with E-state index in [4.69, 9.17) is 25.9 Å². The molecule has 0 fully saturated rings. The molecular formula is C7H24N2O4Si. The predicted molar refractivity (Wildman–Crippen MR) is 58.5 cm³/mol. The molecular weight excluding hydrogens is 204 g/mol. The summed E-state index contributed by atoms with van der Waals surface area (Å²) in [6.45, 7) is 3.36. The van der Waals surface area contributed by atoms with Crippen molar-refractivity contribution in [2.24, 2.45) is 11.5 Å².